The number of hydrogen-bond acceptors (Lipinski definition) is 5. The fourth-order valence-electron chi connectivity index (χ4n) is 4.89. The van der Waals surface area contributed by atoms with Gasteiger partial charge in [0, 0.05) is 48.0 Å². The number of likely N-dealkylation sites (tertiary alicyclic amines) is 1. The molecule has 1 aliphatic heterocycles. The Hall–Kier alpha value is -3.88. The summed E-state index contributed by atoms with van der Waals surface area (Å²) in [7, 11) is 0. The van der Waals surface area contributed by atoms with Gasteiger partial charge in [-0.2, -0.15) is 8.78 Å². The van der Waals surface area contributed by atoms with Gasteiger partial charge in [-0.05, 0) is 18.1 Å². The van der Waals surface area contributed by atoms with E-state index in [9.17, 15) is 13.6 Å². The van der Waals surface area contributed by atoms with E-state index in [1.165, 1.54) is 0 Å². The Morgan fingerprint density at radius 1 is 1.21 bits per heavy atom. The van der Waals surface area contributed by atoms with Gasteiger partial charge in [0.2, 0.25) is 5.91 Å². The number of amides is 1. The summed E-state index contributed by atoms with van der Waals surface area (Å²) in [5.41, 5.74) is 9.11. The van der Waals surface area contributed by atoms with Crippen molar-refractivity contribution in [3.8, 4) is 0 Å². The first-order valence-corrected chi connectivity index (χ1v) is 11.0. The van der Waals surface area contributed by atoms with Gasteiger partial charge >= 0.3 is 6.61 Å². The van der Waals surface area contributed by atoms with Crippen LogP contribution in [0.15, 0.2) is 58.1 Å². The third-order valence-corrected chi connectivity index (χ3v) is 6.46. The molecule has 2 heterocycles. The molecule has 34 heavy (non-hydrogen) atoms. The van der Waals surface area contributed by atoms with Gasteiger partial charge in [-0.1, -0.05) is 53.2 Å². The highest BCUT2D eigenvalue weighted by Gasteiger charge is 2.34. The largest absolute Gasteiger partial charge is 0.453 e. The molecular weight excluding hydrogens is 444 g/mol. The summed E-state index contributed by atoms with van der Waals surface area (Å²) in [4.78, 5) is 14.7. The molecule has 2 aromatic carbocycles. The van der Waals surface area contributed by atoms with Crippen LogP contribution in [0.5, 0.6) is 0 Å². The number of oxime groups is 1. The molecule has 9 heteroatoms. The number of alkyl halides is 2. The van der Waals surface area contributed by atoms with Crippen LogP contribution < -0.4 is 16.4 Å². The molecule has 0 bridgehead atoms. The zero-order valence-electron chi connectivity index (χ0n) is 18.2. The lowest BCUT2D eigenvalue weighted by atomic mass is 9.88. The number of fused-ring (bicyclic) bond motifs is 3. The molecular formula is C25H23F2N3O4. The standard InChI is InChI=1S/C25H23F2N3O4/c26-25(27)34-20-10-9-17(22-18-3-1-2-4-19(18)33-23(20)22)16-11-21(31)30(13-16)12-14-5-7-15(8-6-14)24(28)29-32/h1-8,16,25,32H,9-13H2,(H2,28,29). The van der Waals surface area contributed by atoms with Crippen molar-refractivity contribution in [2.45, 2.75) is 32.4 Å². The van der Waals surface area contributed by atoms with E-state index < -0.39 is 6.61 Å². The van der Waals surface area contributed by atoms with Gasteiger partial charge in [-0.25, -0.2) is 0 Å². The first-order valence-electron chi connectivity index (χ1n) is 11.0. The number of amidine groups is 1. The minimum atomic E-state index is -2.92. The number of furan rings is 1. The van der Waals surface area contributed by atoms with Gasteiger partial charge in [-0.15, -0.1) is 0 Å². The van der Waals surface area contributed by atoms with Crippen molar-refractivity contribution in [3.05, 3.63) is 70.3 Å². The summed E-state index contributed by atoms with van der Waals surface area (Å²) in [5, 5.41) is 13.4. The molecule has 1 amide bonds. The first kappa shape index (κ1) is 21.9. The monoisotopic (exact) mass is 467 g/mol. The van der Waals surface area contributed by atoms with Crippen LogP contribution in [-0.4, -0.2) is 35.0 Å². The predicted molar refractivity (Wildman–Crippen MR) is 121 cm³/mol. The van der Waals surface area contributed by atoms with Gasteiger partial charge in [0.1, 0.15) is 11.3 Å². The first-order chi connectivity index (χ1) is 16.4. The molecule has 1 atom stereocenters. The normalized spacial score (nSPS) is 18.8. The third-order valence-electron chi connectivity index (χ3n) is 6.46. The molecule has 7 nitrogen and oxygen atoms in total. The smallest absolute Gasteiger partial charge is 0.387 e. The molecule has 5 rings (SSSR count). The van der Waals surface area contributed by atoms with Gasteiger partial charge < -0.3 is 25.0 Å². The Morgan fingerprint density at radius 2 is 1.97 bits per heavy atom. The summed E-state index contributed by atoms with van der Waals surface area (Å²) >= 11 is 0. The third kappa shape index (κ3) is 3.98. The average Bonchev–Trinajstić information content (AvgIpc) is 3.40. The highest BCUT2D eigenvalue weighted by atomic mass is 19.3. The molecule has 2 aliphatic rings. The molecule has 1 saturated heterocycles. The molecule has 0 spiro atoms. The lowest BCUT2D eigenvalue weighted by molar-refractivity contribution is -0.128. The Bertz CT molecular complexity index is 1400. The second kappa shape index (κ2) is 8.81. The van der Waals surface area contributed by atoms with Crippen LogP contribution in [0.25, 0.3) is 22.3 Å². The molecule has 3 N–H and O–H groups in total. The number of benzene rings is 2. The highest BCUT2D eigenvalue weighted by Crippen LogP contribution is 2.32. The number of hydrogen-bond donors (Lipinski definition) is 2. The maximum Gasteiger partial charge on any atom is 0.387 e. The number of ether oxygens (including phenoxy) is 1. The fraction of sp³-hybridized carbons (Fsp3) is 0.280. The van der Waals surface area contributed by atoms with Crippen LogP contribution in [0.2, 0.25) is 0 Å². The molecule has 1 fully saturated rings. The van der Waals surface area contributed by atoms with Crippen molar-refractivity contribution < 1.29 is 27.9 Å². The molecule has 1 unspecified atom stereocenters. The zero-order valence-corrected chi connectivity index (χ0v) is 18.2. The molecule has 1 aromatic heterocycles. The Labute approximate surface area is 193 Å². The minimum absolute atomic E-state index is 0.0210. The van der Waals surface area contributed by atoms with Crippen molar-refractivity contribution in [2.24, 2.45) is 16.8 Å². The minimum Gasteiger partial charge on any atom is -0.453 e. The molecule has 176 valence electrons. The van der Waals surface area contributed by atoms with Gasteiger partial charge in [0.25, 0.3) is 0 Å². The van der Waals surface area contributed by atoms with Crippen molar-refractivity contribution in [3.63, 3.8) is 0 Å². The summed E-state index contributed by atoms with van der Waals surface area (Å²) in [6, 6.07) is 14.6. The summed E-state index contributed by atoms with van der Waals surface area (Å²) < 4.78 is 36.7. The van der Waals surface area contributed by atoms with Crippen molar-refractivity contribution in [2.75, 3.05) is 6.54 Å². The zero-order chi connectivity index (χ0) is 23.8. The van der Waals surface area contributed by atoms with Crippen molar-refractivity contribution in [1.29, 1.82) is 0 Å². The van der Waals surface area contributed by atoms with Crippen LogP contribution in [0.4, 0.5) is 8.78 Å². The van der Waals surface area contributed by atoms with Crippen molar-refractivity contribution in [1.82, 2.24) is 4.90 Å². The van der Waals surface area contributed by atoms with E-state index in [0.717, 1.165) is 21.7 Å². The van der Waals surface area contributed by atoms with Crippen LogP contribution >= 0.6 is 0 Å². The molecule has 0 radical (unpaired) electrons. The molecule has 3 aromatic rings. The number of halogens is 2. The Balaban J connectivity index is 1.48. The molecule has 0 saturated carbocycles. The van der Waals surface area contributed by atoms with E-state index in [-0.39, 0.29) is 23.4 Å². The second-order valence-corrected chi connectivity index (χ2v) is 8.49. The Morgan fingerprint density at radius 3 is 2.71 bits per heavy atom. The number of nitrogens with two attached hydrogens (primary N) is 1. The summed E-state index contributed by atoms with van der Waals surface area (Å²) in [5.74, 6) is 0.160. The lowest BCUT2D eigenvalue weighted by Gasteiger charge is -2.20. The molecule has 1 aliphatic carbocycles. The number of carbonyl (C=O) groups excluding carboxylic acids is 1. The lowest BCUT2D eigenvalue weighted by Crippen LogP contribution is -2.33. The quantitative estimate of drug-likeness (QED) is 0.251. The van der Waals surface area contributed by atoms with Crippen LogP contribution in [0.1, 0.15) is 30.4 Å². The highest BCUT2D eigenvalue weighted by molar-refractivity contribution is 5.97. The number of nitrogens with zero attached hydrogens (tertiary/aromatic N) is 2. The van der Waals surface area contributed by atoms with Crippen LogP contribution in [0, 0.1) is 5.92 Å². The summed E-state index contributed by atoms with van der Waals surface area (Å²) in [6.45, 7) is -1.96. The SMILES string of the molecule is N/C(=N\O)c1ccc(CN2CC(C3=c4c(oc5ccccc45)=C(OC(F)F)CC3)CC2=O)cc1. The van der Waals surface area contributed by atoms with E-state index in [1.807, 2.05) is 30.3 Å². The number of para-hydroxylation sites is 1. The predicted octanol–water partition coefficient (Wildman–Crippen LogP) is 2.87. The Kier molecular flexibility index (Phi) is 5.69. The fourth-order valence-corrected chi connectivity index (χ4v) is 4.89. The number of rotatable bonds is 6. The van der Waals surface area contributed by atoms with Crippen LogP contribution in [0.3, 0.4) is 0 Å². The van der Waals surface area contributed by atoms with Crippen molar-refractivity contribution >= 4 is 34.0 Å². The number of carbonyl (C=O) groups is 1. The van der Waals surface area contributed by atoms with Gasteiger partial charge in [-0.3, -0.25) is 4.79 Å². The summed E-state index contributed by atoms with van der Waals surface area (Å²) in [6.07, 6.45) is 1.17. The van der Waals surface area contributed by atoms with Gasteiger partial charge in [0.15, 0.2) is 11.3 Å². The maximum absolute atomic E-state index is 13.0. The van der Waals surface area contributed by atoms with E-state index in [0.29, 0.717) is 48.9 Å². The average molecular weight is 467 g/mol. The van der Waals surface area contributed by atoms with Crippen LogP contribution in [-0.2, 0) is 16.1 Å². The van der Waals surface area contributed by atoms with E-state index in [2.05, 4.69) is 5.16 Å². The van der Waals surface area contributed by atoms with E-state index >= 15 is 0 Å². The maximum atomic E-state index is 13.0. The van der Waals surface area contributed by atoms with E-state index in [1.54, 1.807) is 23.1 Å². The topological polar surface area (TPSA) is 101 Å². The van der Waals surface area contributed by atoms with Gasteiger partial charge in [0.05, 0.1) is 0 Å². The van der Waals surface area contributed by atoms with E-state index in [4.69, 9.17) is 20.1 Å². The second-order valence-electron chi connectivity index (χ2n) is 8.49.